The number of hydrogen-bond donors (Lipinski definition) is 1. The number of likely N-dealkylation sites (N-methyl/N-ethyl adjacent to an activating group) is 1. The molecule has 0 aliphatic rings. The van der Waals surface area contributed by atoms with E-state index >= 15 is 0 Å². The molecule has 1 atom stereocenters. The molecular weight excluding hydrogens is 224 g/mol. The number of aliphatic hydroxyl groups excluding tert-OH is 1. The third kappa shape index (κ3) is 2.29. The standard InChI is InChI=1S/C15H16N2O/c1-11(18)10-17(2)15-8-7-12(9-16)13-5-3-4-6-14(13)15/h3-8,11,18H,10H2,1-2H3. The summed E-state index contributed by atoms with van der Waals surface area (Å²) in [5, 5.41) is 20.6. The van der Waals surface area contributed by atoms with E-state index in [-0.39, 0.29) is 6.10 Å². The summed E-state index contributed by atoms with van der Waals surface area (Å²) in [6, 6.07) is 13.8. The first kappa shape index (κ1) is 12.4. The highest BCUT2D eigenvalue weighted by molar-refractivity contribution is 5.97. The summed E-state index contributed by atoms with van der Waals surface area (Å²) in [5.41, 5.74) is 1.71. The molecular formula is C15H16N2O. The fourth-order valence-corrected chi connectivity index (χ4v) is 2.21. The molecule has 2 rings (SSSR count). The van der Waals surface area contributed by atoms with Crippen LogP contribution in [0.15, 0.2) is 36.4 Å². The Balaban J connectivity index is 2.56. The minimum Gasteiger partial charge on any atom is -0.392 e. The van der Waals surface area contributed by atoms with Crippen molar-refractivity contribution in [3.05, 3.63) is 42.0 Å². The van der Waals surface area contributed by atoms with Gasteiger partial charge in [0.2, 0.25) is 0 Å². The second-order valence-electron chi connectivity index (χ2n) is 4.52. The summed E-state index contributed by atoms with van der Waals surface area (Å²) in [6.45, 7) is 2.33. The predicted molar refractivity (Wildman–Crippen MR) is 73.6 cm³/mol. The molecule has 0 saturated carbocycles. The molecule has 0 radical (unpaired) electrons. The van der Waals surface area contributed by atoms with Crippen LogP contribution in [0.2, 0.25) is 0 Å². The van der Waals surface area contributed by atoms with Crippen molar-refractivity contribution in [1.82, 2.24) is 0 Å². The smallest absolute Gasteiger partial charge is 0.0998 e. The lowest BCUT2D eigenvalue weighted by Gasteiger charge is -2.22. The van der Waals surface area contributed by atoms with Gasteiger partial charge in [-0.1, -0.05) is 24.3 Å². The third-order valence-corrected chi connectivity index (χ3v) is 2.97. The van der Waals surface area contributed by atoms with E-state index in [2.05, 4.69) is 6.07 Å². The van der Waals surface area contributed by atoms with E-state index < -0.39 is 0 Å². The number of fused-ring (bicyclic) bond motifs is 1. The summed E-state index contributed by atoms with van der Waals surface area (Å²) >= 11 is 0. The van der Waals surface area contributed by atoms with Crippen LogP contribution >= 0.6 is 0 Å². The molecule has 0 saturated heterocycles. The van der Waals surface area contributed by atoms with Crippen molar-refractivity contribution >= 4 is 16.5 Å². The molecule has 1 unspecified atom stereocenters. The number of aliphatic hydroxyl groups is 1. The van der Waals surface area contributed by atoms with Crippen molar-refractivity contribution in [1.29, 1.82) is 5.26 Å². The highest BCUT2D eigenvalue weighted by Gasteiger charge is 2.10. The van der Waals surface area contributed by atoms with E-state index in [0.29, 0.717) is 12.1 Å². The van der Waals surface area contributed by atoms with Crippen LogP contribution in [0.4, 0.5) is 5.69 Å². The van der Waals surface area contributed by atoms with Gasteiger partial charge in [-0.3, -0.25) is 0 Å². The summed E-state index contributed by atoms with van der Waals surface area (Å²) in [6.07, 6.45) is -0.385. The molecule has 2 aromatic rings. The first-order chi connectivity index (χ1) is 8.63. The number of hydrogen-bond acceptors (Lipinski definition) is 3. The Kier molecular flexibility index (Phi) is 3.50. The molecule has 18 heavy (non-hydrogen) atoms. The van der Waals surface area contributed by atoms with Crippen LogP contribution in [0.25, 0.3) is 10.8 Å². The lowest BCUT2D eigenvalue weighted by Crippen LogP contribution is -2.26. The number of rotatable bonds is 3. The van der Waals surface area contributed by atoms with Crippen molar-refractivity contribution in [2.75, 3.05) is 18.5 Å². The van der Waals surface area contributed by atoms with E-state index in [1.807, 2.05) is 48.3 Å². The monoisotopic (exact) mass is 240 g/mol. The van der Waals surface area contributed by atoms with Crippen molar-refractivity contribution in [2.24, 2.45) is 0 Å². The van der Waals surface area contributed by atoms with Gasteiger partial charge in [-0.25, -0.2) is 0 Å². The predicted octanol–water partition coefficient (Wildman–Crippen LogP) is 2.53. The lowest BCUT2D eigenvalue weighted by atomic mass is 10.0. The van der Waals surface area contributed by atoms with Crippen molar-refractivity contribution in [3.8, 4) is 6.07 Å². The van der Waals surface area contributed by atoms with E-state index in [4.69, 9.17) is 5.26 Å². The Morgan fingerprint density at radius 1 is 1.22 bits per heavy atom. The molecule has 0 spiro atoms. The minimum absolute atomic E-state index is 0.385. The summed E-state index contributed by atoms with van der Waals surface area (Å²) in [7, 11) is 1.94. The van der Waals surface area contributed by atoms with Gasteiger partial charge in [-0.2, -0.15) is 5.26 Å². The van der Waals surface area contributed by atoms with Crippen LogP contribution in [0, 0.1) is 11.3 Å². The first-order valence-electron chi connectivity index (χ1n) is 5.94. The van der Waals surface area contributed by atoms with Gasteiger partial charge in [0, 0.05) is 30.1 Å². The number of nitriles is 1. The summed E-state index contributed by atoms with van der Waals surface area (Å²) in [5.74, 6) is 0. The van der Waals surface area contributed by atoms with Gasteiger partial charge in [-0.05, 0) is 19.1 Å². The molecule has 3 nitrogen and oxygen atoms in total. The maximum absolute atomic E-state index is 9.46. The lowest BCUT2D eigenvalue weighted by molar-refractivity contribution is 0.202. The topological polar surface area (TPSA) is 47.3 Å². The van der Waals surface area contributed by atoms with Gasteiger partial charge in [0.15, 0.2) is 0 Å². The molecule has 92 valence electrons. The Morgan fingerprint density at radius 3 is 2.50 bits per heavy atom. The third-order valence-electron chi connectivity index (χ3n) is 2.97. The van der Waals surface area contributed by atoms with Crippen molar-refractivity contribution in [3.63, 3.8) is 0 Å². The highest BCUT2D eigenvalue weighted by atomic mass is 16.3. The van der Waals surface area contributed by atoms with Crippen LogP contribution < -0.4 is 4.90 Å². The Morgan fingerprint density at radius 2 is 1.89 bits per heavy atom. The largest absolute Gasteiger partial charge is 0.392 e. The van der Waals surface area contributed by atoms with Crippen molar-refractivity contribution < 1.29 is 5.11 Å². The maximum Gasteiger partial charge on any atom is 0.0998 e. The van der Waals surface area contributed by atoms with E-state index in [9.17, 15) is 5.11 Å². The first-order valence-corrected chi connectivity index (χ1v) is 5.94. The van der Waals surface area contributed by atoms with Crippen LogP contribution in [0.1, 0.15) is 12.5 Å². The molecule has 0 bridgehead atoms. The Bertz CT molecular complexity index is 599. The van der Waals surface area contributed by atoms with E-state index in [1.165, 1.54) is 0 Å². The van der Waals surface area contributed by atoms with Gasteiger partial charge in [0.05, 0.1) is 17.7 Å². The average molecular weight is 240 g/mol. The zero-order valence-corrected chi connectivity index (χ0v) is 10.6. The zero-order valence-electron chi connectivity index (χ0n) is 10.6. The molecule has 0 aliphatic heterocycles. The van der Waals surface area contributed by atoms with Gasteiger partial charge in [0.1, 0.15) is 0 Å². The number of benzene rings is 2. The number of anilines is 1. The quantitative estimate of drug-likeness (QED) is 0.896. The second kappa shape index (κ2) is 5.07. The number of nitrogens with zero attached hydrogens (tertiary/aromatic N) is 2. The Labute approximate surface area is 107 Å². The molecule has 0 fully saturated rings. The molecule has 3 heteroatoms. The minimum atomic E-state index is -0.385. The van der Waals surface area contributed by atoms with Gasteiger partial charge >= 0.3 is 0 Å². The average Bonchev–Trinajstić information content (AvgIpc) is 2.36. The normalized spacial score (nSPS) is 12.1. The van der Waals surface area contributed by atoms with Gasteiger partial charge in [-0.15, -0.1) is 0 Å². The SMILES string of the molecule is CC(O)CN(C)c1ccc(C#N)c2ccccc12. The highest BCUT2D eigenvalue weighted by Crippen LogP contribution is 2.28. The molecule has 0 aromatic heterocycles. The van der Waals surface area contributed by atoms with Crippen LogP contribution in [0.3, 0.4) is 0 Å². The molecule has 0 amide bonds. The van der Waals surface area contributed by atoms with Gasteiger partial charge in [0.25, 0.3) is 0 Å². The second-order valence-corrected chi connectivity index (χ2v) is 4.52. The van der Waals surface area contributed by atoms with Crippen molar-refractivity contribution in [2.45, 2.75) is 13.0 Å². The van der Waals surface area contributed by atoms with Crippen LogP contribution in [-0.2, 0) is 0 Å². The van der Waals surface area contributed by atoms with Crippen LogP contribution in [-0.4, -0.2) is 24.8 Å². The van der Waals surface area contributed by atoms with Crippen LogP contribution in [0.5, 0.6) is 0 Å². The zero-order chi connectivity index (χ0) is 13.1. The Hall–Kier alpha value is -2.05. The molecule has 0 aliphatic carbocycles. The fourth-order valence-electron chi connectivity index (χ4n) is 2.21. The summed E-state index contributed by atoms with van der Waals surface area (Å²) < 4.78 is 0. The van der Waals surface area contributed by atoms with E-state index in [1.54, 1.807) is 6.92 Å². The maximum atomic E-state index is 9.46. The molecule has 0 heterocycles. The fraction of sp³-hybridized carbons (Fsp3) is 0.267. The van der Waals surface area contributed by atoms with E-state index in [0.717, 1.165) is 16.5 Å². The molecule has 2 aromatic carbocycles. The summed E-state index contributed by atoms with van der Waals surface area (Å²) in [4.78, 5) is 2.01. The molecule has 1 N–H and O–H groups in total. The van der Waals surface area contributed by atoms with Gasteiger partial charge < -0.3 is 10.0 Å².